The predicted octanol–water partition coefficient (Wildman–Crippen LogP) is 1.48. The van der Waals surface area contributed by atoms with E-state index in [4.69, 9.17) is 5.26 Å². The molecule has 1 heterocycles. The molecule has 0 radical (unpaired) electrons. The molecule has 0 aliphatic carbocycles. The van der Waals surface area contributed by atoms with Gasteiger partial charge in [0.05, 0.1) is 11.6 Å². The van der Waals surface area contributed by atoms with Gasteiger partial charge in [-0.3, -0.25) is 9.59 Å². The maximum atomic E-state index is 12.1. The van der Waals surface area contributed by atoms with Gasteiger partial charge in [0, 0.05) is 11.7 Å². The topological polar surface area (TPSA) is 110 Å². The monoisotopic (exact) mass is 300 g/mol. The highest BCUT2D eigenvalue weighted by molar-refractivity contribution is 5.92. The van der Waals surface area contributed by atoms with Gasteiger partial charge in [-0.25, -0.2) is 0 Å². The Morgan fingerprint density at radius 1 is 1.36 bits per heavy atom. The highest BCUT2D eigenvalue weighted by atomic mass is 16.4. The van der Waals surface area contributed by atoms with Gasteiger partial charge in [0.15, 0.2) is 0 Å². The fraction of sp³-hybridized carbons (Fsp3) is 0.312. The minimum atomic E-state index is -1.71. The Morgan fingerprint density at radius 2 is 2.05 bits per heavy atom. The summed E-state index contributed by atoms with van der Waals surface area (Å²) in [7, 11) is 0. The zero-order valence-electron chi connectivity index (χ0n) is 12.2. The Labute approximate surface area is 127 Å². The Hall–Kier alpha value is -2.81. The Bertz CT molecular complexity index is 704. The number of nitrogens with one attached hydrogen (secondary N) is 1. The van der Waals surface area contributed by atoms with E-state index in [1.807, 2.05) is 6.07 Å². The van der Waals surface area contributed by atoms with E-state index >= 15 is 0 Å². The standard InChI is InChI=1S/C16H16N2O4/c1-9-7-16(15(21)22,13(14(19)20)10(2)18-9)12-5-3-4-11(6-12)8-17/h3-7,10,13,18H,1-2H3,(H,19,20)(H,21,22). The maximum absolute atomic E-state index is 12.1. The van der Waals surface area contributed by atoms with Crippen LogP contribution in [0.5, 0.6) is 0 Å². The third-order valence-electron chi connectivity index (χ3n) is 3.98. The van der Waals surface area contributed by atoms with Crippen LogP contribution in [-0.2, 0) is 15.0 Å². The Kier molecular flexibility index (Phi) is 3.91. The molecule has 0 saturated carbocycles. The van der Waals surface area contributed by atoms with Gasteiger partial charge in [0.1, 0.15) is 11.3 Å². The number of carboxylic acid groups (broad SMARTS) is 2. The summed E-state index contributed by atoms with van der Waals surface area (Å²) in [6.07, 6.45) is 1.42. The predicted molar refractivity (Wildman–Crippen MR) is 78.0 cm³/mol. The lowest BCUT2D eigenvalue weighted by Gasteiger charge is -2.41. The molecule has 6 heteroatoms. The summed E-state index contributed by atoms with van der Waals surface area (Å²) in [5, 5.41) is 31.4. The van der Waals surface area contributed by atoms with E-state index in [1.165, 1.54) is 12.1 Å². The molecule has 0 fully saturated rings. The highest BCUT2D eigenvalue weighted by Crippen LogP contribution is 2.40. The number of allylic oxidation sites excluding steroid dienone is 1. The fourth-order valence-corrected chi connectivity index (χ4v) is 3.15. The summed E-state index contributed by atoms with van der Waals surface area (Å²) in [4.78, 5) is 23.8. The molecule has 0 aromatic heterocycles. The molecule has 1 aromatic rings. The normalized spacial score (nSPS) is 27.2. The van der Waals surface area contributed by atoms with Crippen LogP contribution in [-0.4, -0.2) is 28.2 Å². The van der Waals surface area contributed by atoms with Crippen molar-refractivity contribution in [3.8, 4) is 6.07 Å². The molecule has 3 unspecified atom stereocenters. The lowest BCUT2D eigenvalue weighted by Crippen LogP contribution is -2.56. The number of rotatable bonds is 3. The number of hydrogen-bond acceptors (Lipinski definition) is 4. The van der Waals surface area contributed by atoms with Crippen molar-refractivity contribution in [2.45, 2.75) is 25.3 Å². The molecule has 2 rings (SSSR count). The first-order chi connectivity index (χ1) is 10.3. The van der Waals surface area contributed by atoms with Gasteiger partial charge in [-0.15, -0.1) is 0 Å². The van der Waals surface area contributed by atoms with Crippen LogP contribution in [0, 0.1) is 17.2 Å². The summed E-state index contributed by atoms with van der Waals surface area (Å²) in [5.41, 5.74) is -0.540. The van der Waals surface area contributed by atoms with E-state index in [2.05, 4.69) is 5.32 Å². The van der Waals surface area contributed by atoms with Crippen LogP contribution in [0.4, 0.5) is 0 Å². The molecular weight excluding hydrogens is 284 g/mol. The van der Waals surface area contributed by atoms with Crippen LogP contribution < -0.4 is 5.32 Å². The number of aliphatic carboxylic acids is 2. The third-order valence-corrected chi connectivity index (χ3v) is 3.98. The minimum Gasteiger partial charge on any atom is -0.481 e. The van der Waals surface area contributed by atoms with Crippen molar-refractivity contribution in [1.29, 1.82) is 5.26 Å². The number of nitrogens with zero attached hydrogens (tertiary/aromatic N) is 1. The van der Waals surface area contributed by atoms with E-state index < -0.39 is 29.3 Å². The quantitative estimate of drug-likeness (QED) is 0.779. The maximum Gasteiger partial charge on any atom is 0.319 e. The SMILES string of the molecule is CC1=CC(C(=O)O)(c2cccc(C#N)c2)C(C(=O)O)C(C)N1. The fourth-order valence-electron chi connectivity index (χ4n) is 3.15. The van der Waals surface area contributed by atoms with Crippen molar-refractivity contribution in [2.75, 3.05) is 0 Å². The van der Waals surface area contributed by atoms with E-state index in [9.17, 15) is 19.8 Å². The summed E-state index contributed by atoms with van der Waals surface area (Å²) in [6.45, 7) is 3.33. The van der Waals surface area contributed by atoms with Crippen molar-refractivity contribution in [1.82, 2.24) is 5.32 Å². The van der Waals surface area contributed by atoms with Crippen LogP contribution in [0.15, 0.2) is 36.0 Å². The summed E-state index contributed by atoms with van der Waals surface area (Å²) in [5.74, 6) is -3.64. The largest absolute Gasteiger partial charge is 0.481 e. The van der Waals surface area contributed by atoms with Crippen molar-refractivity contribution in [2.24, 2.45) is 5.92 Å². The first kappa shape index (κ1) is 15.6. The van der Waals surface area contributed by atoms with Crippen molar-refractivity contribution < 1.29 is 19.8 Å². The van der Waals surface area contributed by atoms with Crippen molar-refractivity contribution >= 4 is 11.9 Å². The second-order valence-electron chi connectivity index (χ2n) is 5.44. The number of hydrogen-bond donors (Lipinski definition) is 3. The molecule has 0 amide bonds. The summed E-state index contributed by atoms with van der Waals surface area (Å²) < 4.78 is 0. The number of benzene rings is 1. The van der Waals surface area contributed by atoms with Crippen molar-refractivity contribution in [3.63, 3.8) is 0 Å². The van der Waals surface area contributed by atoms with Crippen LogP contribution in [0.3, 0.4) is 0 Å². The van der Waals surface area contributed by atoms with Crippen LogP contribution in [0.25, 0.3) is 0 Å². The summed E-state index contributed by atoms with van der Waals surface area (Å²) in [6, 6.07) is 7.49. The van der Waals surface area contributed by atoms with Crippen LogP contribution in [0.2, 0.25) is 0 Å². The molecule has 3 atom stereocenters. The Balaban J connectivity index is 2.78. The summed E-state index contributed by atoms with van der Waals surface area (Å²) >= 11 is 0. The average molecular weight is 300 g/mol. The second kappa shape index (κ2) is 5.53. The zero-order chi connectivity index (χ0) is 16.5. The molecule has 0 bridgehead atoms. The molecule has 1 aliphatic heterocycles. The van der Waals surface area contributed by atoms with Gasteiger partial charge in [-0.05, 0) is 37.6 Å². The molecule has 0 spiro atoms. The number of nitriles is 1. The smallest absolute Gasteiger partial charge is 0.319 e. The van der Waals surface area contributed by atoms with E-state index in [-0.39, 0.29) is 0 Å². The molecule has 1 aliphatic rings. The van der Waals surface area contributed by atoms with Gasteiger partial charge in [0.2, 0.25) is 0 Å². The average Bonchev–Trinajstić information content (AvgIpc) is 2.45. The van der Waals surface area contributed by atoms with Gasteiger partial charge in [-0.2, -0.15) is 5.26 Å². The molecule has 3 N–H and O–H groups in total. The molecule has 0 saturated heterocycles. The first-order valence-corrected chi connectivity index (χ1v) is 6.75. The molecule has 22 heavy (non-hydrogen) atoms. The third kappa shape index (κ3) is 2.31. The van der Waals surface area contributed by atoms with Crippen LogP contribution >= 0.6 is 0 Å². The van der Waals surface area contributed by atoms with Crippen LogP contribution in [0.1, 0.15) is 25.0 Å². The molecule has 1 aromatic carbocycles. The lowest BCUT2D eigenvalue weighted by molar-refractivity contribution is -0.155. The lowest BCUT2D eigenvalue weighted by atomic mass is 9.65. The molecule has 6 nitrogen and oxygen atoms in total. The number of carboxylic acids is 2. The van der Waals surface area contributed by atoms with Gasteiger partial charge in [0.25, 0.3) is 0 Å². The minimum absolute atomic E-state index is 0.291. The van der Waals surface area contributed by atoms with E-state index in [1.54, 1.807) is 32.0 Å². The van der Waals surface area contributed by atoms with Gasteiger partial charge >= 0.3 is 11.9 Å². The number of carbonyl (C=O) groups is 2. The van der Waals surface area contributed by atoms with Crippen molar-refractivity contribution in [3.05, 3.63) is 47.2 Å². The van der Waals surface area contributed by atoms with Gasteiger partial charge < -0.3 is 15.5 Å². The molecular formula is C16H16N2O4. The Morgan fingerprint density at radius 3 is 2.59 bits per heavy atom. The molecule has 114 valence electrons. The van der Waals surface area contributed by atoms with E-state index in [0.717, 1.165) is 0 Å². The second-order valence-corrected chi connectivity index (χ2v) is 5.44. The zero-order valence-corrected chi connectivity index (χ0v) is 12.2. The van der Waals surface area contributed by atoms with E-state index in [0.29, 0.717) is 16.8 Å². The highest BCUT2D eigenvalue weighted by Gasteiger charge is 2.54. The first-order valence-electron chi connectivity index (χ1n) is 6.75. The van der Waals surface area contributed by atoms with Gasteiger partial charge in [-0.1, -0.05) is 12.1 Å².